The second kappa shape index (κ2) is 6.44. The Balaban J connectivity index is 1.60. The molecule has 0 saturated carbocycles. The van der Waals surface area contributed by atoms with Crippen LogP contribution in [0.25, 0.3) is 0 Å². The highest BCUT2D eigenvalue weighted by molar-refractivity contribution is 5.92. The lowest BCUT2D eigenvalue weighted by Gasteiger charge is -2.46. The van der Waals surface area contributed by atoms with Crippen LogP contribution < -0.4 is 10.1 Å². The minimum Gasteiger partial charge on any atom is -0.487 e. The molecule has 0 unspecified atom stereocenters. The first-order valence-electron chi connectivity index (χ1n) is 8.69. The molecule has 1 amide bonds. The molecule has 1 aromatic heterocycles. The lowest BCUT2D eigenvalue weighted by Crippen LogP contribution is -2.51. The van der Waals surface area contributed by atoms with Crippen molar-refractivity contribution in [1.29, 1.82) is 0 Å². The van der Waals surface area contributed by atoms with Gasteiger partial charge in [0.2, 0.25) is 0 Å². The minimum absolute atomic E-state index is 0.0807. The molecule has 0 radical (unpaired) electrons. The Morgan fingerprint density at radius 3 is 2.84 bits per heavy atom. The van der Waals surface area contributed by atoms with E-state index in [4.69, 9.17) is 4.74 Å². The van der Waals surface area contributed by atoms with E-state index in [0.29, 0.717) is 5.69 Å². The largest absolute Gasteiger partial charge is 0.487 e. The molecule has 2 aliphatic rings. The van der Waals surface area contributed by atoms with Gasteiger partial charge in [-0.15, -0.1) is 0 Å². The van der Waals surface area contributed by atoms with Crippen molar-refractivity contribution >= 4 is 5.91 Å². The number of ether oxygens (including phenoxy) is 1. The van der Waals surface area contributed by atoms with Gasteiger partial charge in [0.25, 0.3) is 5.91 Å². The Labute approximate surface area is 147 Å². The van der Waals surface area contributed by atoms with E-state index in [1.807, 2.05) is 24.3 Å². The molecular weight excluding hydrogens is 316 g/mol. The van der Waals surface area contributed by atoms with Crippen molar-refractivity contribution in [3.8, 4) is 5.75 Å². The molecule has 6 heteroatoms. The molecule has 4 rings (SSSR count). The Morgan fingerprint density at radius 2 is 2.08 bits per heavy atom. The molecular formula is C19H22N4O2. The van der Waals surface area contributed by atoms with E-state index < -0.39 is 0 Å². The van der Waals surface area contributed by atoms with Crippen molar-refractivity contribution in [2.24, 2.45) is 0 Å². The summed E-state index contributed by atoms with van der Waals surface area (Å²) in [5, 5.41) is 3.14. The van der Waals surface area contributed by atoms with E-state index in [1.165, 1.54) is 12.4 Å². The molecule has 1 spiro atoms. The van der Waals surface area contributed by atoms with Gasteiger partial charge in [-0.3, -0.25) is 9.78 Å². The van der Waals surface area contributed by atoms with Crippen molar-refractivity contribution in [2.75, 3.05) is 20.1 Å². The zero-order valence-electron chi connectivity index (χ0n) is 14.3. The van der Waals surface area contributed by atoms with Crippen LogP contribution in [-0.2, 0) is 0 Å². The number of fused-ring (bicyclic) bond motifs is 1. The number of amides is 1. The van der Waals surface area contributed by atoms with Crippen LogP contribution in [-0.4, -0.2) is 46.5 Å². The summed E-state index contributed by atoms with van der Waals surface area (Å²) < 4.78 is 6.42. The van der Waals surface area contributed by atoms with Crippen LogP contribution >= 0.6 is 0 Å². The van der Waals surface area contributed by atoms with Crippen molar-refractivity contribution < 1.29 is 9.53 Å². The van der Waals surface area contributed by atoms with Gasteiger partial charge < -0.3 is 15.0 Å². The second-order valence-electron chi connectivity index (χ2n) is 6.95. The lowest BCUT2D eigenvalue weighted by molar-refractivity contribution is -0.0196. The van der Waals surface area contributed by atoms with Gasteiger partial charge in [0.1, 0.15) is 17.0 Å². The Hall–Kier alpha value is -2.47. The lowest BCUT2D eigenvalue weighted by atomic mass is 9.80. The number of likely N-dealkylation sites (tertiary alicyclic amines) is 1. The maximum Gasteiger partial charge on any atom is 0.271 e. The summed E-state index contributed by atoms with van der Waals surface area (Å²) in [6.45, 7) is 2.01. The summed E-state index contributed by atoms with van der Waals surface area (Å²) in [5.74, 6) is 0.681. The molecule has 2 aromatic rings. The third-order valence-electron chi connectivity index (χ3n) is 5.20. The predicted octanol–water partition coefficient (Wildman–Crippen LogP) is 2.19. The number of piperidine rings is 1. The van der Waals surface area contributed by atoms with Crippen LogP contribution in [0.15, 0.2) is 42.9 Å². The molecule has 130 valence electrons. The predicted molar refractivity (Wildman–Crippen MR) is 93.4 cm³/mol. The summed E-state index contributed by atoms with van der Waals surface area (Å²) in [6, 6.07) is 7.90. The van der Waals surface area contributed by atoms with Gasteiger partial charge in [-0.25, -0.2) is 4.98 Å². The Bertz CT molecular complexity index is 757. The van der Waals surface area contributed by atoms with Crippen LogP contribution in [0.2, 0.25) is 0 Å². The monoisotopic (exact) mass is 338 g/mol. The highest BCUT2D eigenvalue weighted by atomic mass is 16.5. The maximum absolute atomic E-state index is 12.6. The van der Waals surface area contributed by atoms with E-state index >= 15 is 0 Å². The second-order valence-corrected chi connectivity index (χ2v) is 6.95. The molecule has 0 aliphatic carbocycles. The number of nitrogens with one attached hydrogen (secondary N) is 1. The fourth-order valence-corrected chi connectivity index (χ4v) is 3.73. The summed E-state index contributed by atoms with van der Waals surface area (Å²) in [4.78, 5) is 23.0. The van der Waals surface area contributed by atoms with Gasteiger partial charge in [-0.2, -0.15) is 0 Å². The normalized spacial score (nSPS) is 22.0. The molecule has 6 nitrogen and oxygen atoms in total. The van der Waals surface area contributed by atoms with Gasteiger partial charge in [0.15, 0.2) is 0 Å². The summed E-state index contributed by atoms with van der Waals surface area (Å²) in [6.07, 6.45) is 7.31. The first kappa shape index (κ1) is 16.0. The molecule has 1 aromatic carbocycles. The van der Waals surface area contributed by atoms with E-state index in [1.54, 1.807) is 6.20 Å². The summed E-state index contributed by atoms with van der Waals surface area (Å²) in [7, 11) is 2.14. The van der Waals surface area contributed by atoms with Crippen molar-refractivity contribution in [2.45, 2.75) is 30.9 Å². The number of aromatic nitrogens is 2. The number of nitrogens with zero attached hydrogens (tertiary/aromatic N) is 3. The molecule has 3 heterocycles. The molecule has 1 atom stereocenters. The number of rotatable bonds is 2. The number of carbonyl (C=O) groups is 1. The molecule has 1 N–H and O–H groups in total. The minimum atomic E-state index is -0.207. The van der Waals surface area contributed by atoms with Crippen molar-refractivity contribution in [1.82, 2.24) is 20.2 Å². The Morgan fingerprint density at radius 1 is 1.28 bits per heavy atom. The maximum atomic E-state index is 12.6. The van der Waals surface area contributed by atoms with Gasteiger partial charge in [-0.1, -0.05) is 18.2 Å². The molecule has 1 fully saturated rings. The number of benzene rings is 1. The SMILES string of the molecule is CN1CCC2(CC1)C[C@@H](NC(=O)c1cnccn1)c1ccccc1O2. The van der Waals surface area contributed by atoms with Gasteiger partial charge in [0, 0.05) is 37.5 Å². The highest BCUT2D eigenvalue weighted by Crippen LogP contribution is 2.44. The van der Waals surface area contributed by atoms with Crippen LogP contribution in [0, 0.1) is 0 Å². The number of hydrogen-bond acceptors (Lipinski definition) is 5. The van der Waals surface area contributed by atoms with Crippen LogP contribution in [0.4, 0.5) is 0 Å². The molecule has 25 heavy (non-hydrogen) atoms. The smallest absolute Gasteiger partial charge is 0.271 e. The topological polar surface area (TPSA) is 67.4 Å². The van der Waals surface area contributed by atoms with Crippen LogP contribution in [0.1, 0.15) is 41.4 Å². The number of para-hydroxylation sites is 1. The van der Waals surface area contributed by atoms with Crippen molar-refractivity contribution in [3.05, 3.63) is 54.1 Å². The van der Waals surface area contributed by atoms with Crippen molar-refractivity contribution in [3.63, 3.8) is 0 Å². The van der Waals surface area contributed by atoms with E-state index in [0.717, 1.165) is 43.7 Å². The first-order valence-corrected chi connectivity index (χ1v) is 8.69. The average Bonchev–Trinajstić information content (AvgIpc) is 2.65. The zero-order valence-corrected chi connectivity index (χ0v) is 14.3. The van der Waals surface area contributed by atoms with Crippen LogP contribution in [0.3, 0.4) is 0 Å². The third-order valence-corrected chi connectivity index (χ3v) is 5.20. The van der Waals surface area contributed by atoms with Crippen LogP contribution in [0.5, 0.6) is 5.75 Å². The molecule has 1 saturated heterocycles. The van der Waals surface area contributed by atoms with E-state index in [-0.39, 0.29) is 17.6 Å². The standard InChI is InChI=1S/C19H22N4O2/c1-23-10-6-19(7-11-23)12-15(14-4-2-3-5-17(14)25-19)22-18(24)16-13-20-8-9-21-16/h2-5,8-9,13,15H,6-7,10-12H2,1H3,(H,22,24)/t15-/m1/s1. The average molecular weight is 338 g/mol. The molecule has 0 bridgehead atoms. The van der Waals surface area contributed by atoms with Gasteiger partial charge in [-0.05, 0) is 26.0 Å². The number of carbonyl (C=O) groups excluding carboxylic acids is 1. The summed E-state index contributed by atoms with van der Waals surface area (Å²) >= 11 is 0. The van der Waals surface area contributed by atoms with Gasteiger partial charge in [0.05, 0.1) is 12.2 Å². The third kappa shape index (κ3) is 3.22. The van der Waals surface area contributed by atoms with Gasteiger partial charge >= 0.3 is 0 Å². The highest BCUT2D eigenvalue weighted by Gasteiger charge is 2.43. The molecule has 2 aliphatic heterocycles. The fourth-order valence-electron chi connectivity index (χ4n) is 3.73. The fraction of sp³-hybridized carbons (Fsp3) is 0.421. The quantitative estimate of drug-likeness (QED) is 0.909. The zero-order chi connectivity index (χ0) is 17.3. The first-order chi connectivity index (χ1) is 12.2. The number of hydrogen-bond donors (Lipinski definition) is 1. The van der Waals surface area contributed by atoms with E-state index in [2.05, 4.69) is 27.2 Å². The summed E-state index contributed by atoms with van der Waals surface area (Å²) in [5.41, 5.74) is 1.16. The Kier molecular flexibility index (Phi) is 4.13. The van der Waals surface area contributed by atoms with E-state index in [9.17, 15) is 4.79 Å².